The fourth-order valence-electron chi connectivity index (χ4n) is 4.49. The third-order valence-corrected chi connectivity index (χ3v) is 6.29. The molecule has 0 spiro atoms. The molecular weight excluding hydrogens is 403 g/mol. The number of aromatic nitrogens is 4. The molecule has 2 aliphatic rings. The van der Waals surface area contributed by atoms with Crippen LogP contribution in [-0.4, -0.2) is 31.4 Å². The monoisotopic (exact) mass is 428 g/mol. The van der Waals surface area contributed by atoms with Gasteiger partial charge in [-0.3, -0.25) is 4.40 Å². The first kappa shape index (κ1) is 19.2. The predicted molar refractivity (Wildman–Crippen MR) is 124 cm³/mol. The maximum atomic E-state index is 13.6. The molecule has 0 unspecified atom stereocenters. The molecule has 2 saturated carbocycles. The van der Waals surface area contributed by atoms with Crippen molar-refractivity contribution >= 4 is 17.3 Å². The van der Waals surface area contributed by atoms with Gasteiger partial charge in [0.1, 0.15) is 5.82 Å². The standard InChI is InChI=1S/C25H25FN6/c26-17-9-7-16(8-10-17)22-23(20-13-14-27-25(30-20)29-18-4-1-2-5-18)32-15-3-6-21(24(32)31-22)28-19-11-12-19/h3,6-10,13-15,18-19,28H,1-2,4-5,11-12H2,(H,27,29,30). The number of benzene rings is 1. The van der Waals surface area contributed by atoms with E-state index in [4.69, 9.17) is 9.97 Å². The fourth-order valence-corrected chi connectivity index (χ4v) is 4.49. The Kier molecular flexibility index (Phi) is 4.74. The first-order valence-corrected chi connectivity index (χ1v) is 11.4. The molecule has 2 fully saturated rings. The van der Waals surface area contributed by atoms with Gasteiger partial charge in [-0.15, -0.1) is 0 Å². The molecular formula is C25H25FN6. The largest absolute Gasteiger partial charge is 0.379 e. The highest BCUT2D eigenvalue weighted by molar-refractivity contribution is 5.84. The topological polar surface area (TPSA) is 67.1 Å². The van der Waals surface area contributed by atoms with Crippen LogP contribution in [-0.2, 0) is 0 Å². The van der Waals surface area contributed by atoms with Crippen LogP contribution in [0.1, 0.15) is 38.5 Å². The highest BCUT2D eigenvalue weighted by Crippen LogP contribution is 2.35. The van der Waals surface area contributed by atoms with Crippen molar-refractivity contribution in [2.75, 3.05) is 10.6 Å². The molecule has 4 aromatic rings. The first-order chi connectivity index (χ1) is 15.7. The van der Waals surface area contributed by atoms with E-state index in [2.05, 4.69) is 26.1 Å². The van der Waals surface area contributed by atoms with Gasteiger partial charge in [0, 0.05) is 30.0 Å². The van der Waals surface area contributed by atoms with E-state index in [1.807, 2.05) is 18.3 Å². The molecule has 7 heteroatoms. The number of hydrogen-bond donors (Lipinski definition) is 2. The Morgan fingerprint density at radius 1 is 0.875 bits per heavy atom. The van der Waals surface area contributed by atoms with E-state index in [0.29, 0.717) is 18.0 Å². The lowest BCUT2D eigenvalue weighted by Crippen LogP contribution is -2.16. The van der Waals surface area contributed by atoms with Crippen molar-refractivity contribution < 1.29 is 4.39 Å². The third kappa shape index (κ3) is 3.68. The number of nitrogens with zero attached hydrogens (tertiary/aromatic N) is 4. The SMILES string of the molecule is Fc1ccc(-c2nc3c(NC4CC4)cccn3c2-c2ccnc(NC3CCCC3)n2)cc1. The summed E-state index contributed by atoms with van der Waals surface area (Å²) in [6.45, 7) is 0. The lowest BCUT2D eigenvalue weighted by Gasteiger charge is -2.13. The molecule has 32 heavy (non-hydrogen) atoms. The first-order valence-electron chi connectivity index (χ1n) is 11.4. The van der Waals surface area contributed by atoms with Crippen LogP contribution < -0.4 is 10.6 Å². The minimum Gasteiger partial charge on any atom is -0.379 e. The number of rotatable bonds is 6. The second-order valence-corrected chi connectivity index (χ2v) is 8.74. The lowest BCUT2D eigenvalue weighted by atomic mass is 10.1. The molecule has 0 saturated heterocycles. The van der Waals surface area contributed by atoms with Gasteiger partial charge in [0.25, 0.3) is 0 Å². The Morgan fingerprint density at radius 3 is 2.44 bits per heavy atom. The quantitative estimate of drug-likeness (QED) is 0.423. The highest BCUT2D eigenvalue weighted by atomic mass is 19.1. The number of imidazole rings is 1. The van der Waals surface area contributed by atoms with Crippen LogP contribution in [0, 0.1) is 5.82 Å². The molecule has 6 nitrogen and oxygen atoms in total. The van der Waals surface area contributed by atoms with E-state index >= 15 is 0 Å². The summed E-state index contributed by atoms with van der Waals surface area (Å²) in [5.41, 5.74) is 5.14. The van der Waals surface area contributed by atoms with E-state index in [1.54, 1.807) is 18.3 Å². The fraction of sp³-hybridized carbons (Fsp3) is 0.320. The van der Waals surface area contributed by atoms with Crippen LogP contribution in [0.15, 0.2) is 54.9 Å². The molecule has 3 heterocycles. The van der Waals surface area contributed by atoms with Crippen LogP contribution >= 0.6 is 0 Å². The summed E-state index contributed by atoms with van der Waals surface area (Å²) in [6, 6.07) is 13.4. The van der Waals surface area contributed by atoms with Gasteiger partial charge in [-0.2, -0.15) is 0 Å². The van der Waals surface area contributed by atoms with Crippen molar-refractivity contribution in [1.82, 2.24) is 19.4 Å². The van der Waals surface area contributed by atoms with Crippen LogP contribution in [0.3, 0.4) is 0 Å². The molecule has 162 valence electrons. The Labute approximate surface area is 185 Å². The van der Waals surface area contributed by atoms with Gasteiger partial charge in [0.05, 0.1) is 22.8 Å². The lowest BCUT2D eigenvalue weighted by molar-refractivity contribution is 0.628. The summed E-state index contributed by atoms with van der Waals surface area (Å²) in [5.74, 6) is 0.377. The van der Waals surface area contributed by atoms with E-state index < -0.39 is 0 Å². The van der Waals surface area contributed by atoms with Crippen molar-refractivity contribution in [1.29, 1.82) is 0 Å². The number of nitrogens with one attached hydrogen (secondary N) is 2. The molecule has 0 amide bonds. The minimum absolute atomic E-state index is 0.264. The van der Waals surface area contributed by atoms with E-state index in [-0.39, 0.29) is 5.82 Å². The Hall–Kier alpha value is -3.48. The molecule has 0 atom stereocenters. The molecule has 0 radical (unpaired) electrons. The molecule has 0 aliphatic heterocycles. The summed E-state index contributed by atoms with van der Waals surface area (Å²) >= 11 is 0. The maximum absolute atomic E-state index is 13.6. The molecule has 3 aromatic heterocycles. The third-order valence-electron chi connectivity index (χ3n) is 6.29. The zero-order valence-corrected chi connectivity index (χ0v) is 17.8. The Morgan fingerprint density at radius 2 is 1.66 bits per heavy atom. The van der Waals surface area contributed by atoms with E-state index in [0.717, 1.165) is 46.8 Å². The maximum Gasteiger partial charge on any atom is 0.223 e. The van der Waals surface area contributed by atoms with Crippen LogP contribution in [0.4, 0.5) is 16.0 Å². The number of pyridine rings is 1. The normalized spacial score (nSPS) is 16.5. The van der Waals surface area contributed by atoms with Crippen molar-refractivity contribution in [3.8, 4) is 22.6 Å². The van der Waals surface area contributed by atoms with Gasteiger partial charge >= 0.3 is 0 Å². The van der Waals surface area contributed by atoms with Crippen LogP contribution in [0.2, 0.25) is 0 Å². The highest BCUT2D eigenvalue weighted by Gasteiger charge is 2.24. The van der Waals surface area contributed by atoms with E-state index in [9.17, 15) is 4.39 Å². The van der Waals surface area contributed by atoms with Gasteiger partial charge in [-0.25, -0.2) is 19.3 Å². The Bertz CT molecular complexity index is 1260. The number of anilines is 2. The summed E-state index contributed by atoms with van der Waals surface area (Å²) in [7, 11) is 0. The smallest absolute Gasteiger partial charge is 0.223 e. The average molecular weight is 429 g/mol. The van der Waals surface area contributed by atoms with Crippen LogP contribution in [0.25, 0.3) is 28.3 Å². The Balaban J connectivity index is 1.49. The van der Waals surface area contributed by atoms with Crippen molar-refractivity contribution in [3.63, 3.8) is 0 Å². The summed E-state index contributed by atoms with van der Waals surface area (Å²) in [4.78, 5) is 14.3. The van der Waals surface area contributed by atoms with Gasteiger partial charge in [-0.05, 0) is 68.1 Å². The number of hydrogen-bond acceptors (Lipinski definition) is 5. The molecule has 6 rings (SSSR count). The zero-order valence-electron chi connectivity index (χ0n) is 17.8. The average Bonchev–Trinajstić information content (AvgIpc) is 3.31. The zero-order chi connectivity index (χ0) is 21.5. The van der Waals surface area contributed by atoms with Gasteiger partial charge in [0.15, 0.2) is 5.65 Å². The van der Waals surface area contributed by atoms with Gasteiger partial charge in [0.2, 0.25) is 5.95 Å². The van der Waals surface area contributed by atoms with E-state index in [1.165, 1.54) is 37.8 Å². The number of fused-ring (bicyclic) bond motifs is 1. The molecule has 1 aromatic carbocycles. The second-order valence-electron chi connectivity index (χ2n) is 8.74. The van der Waals surface area contributed by atoms with Crippen molar-refractivity contribution in [2.24, 2.45) is 0 Å². The van der Waals surface area contributed by atoms with Gasteiger partial charge in [-0.1, -0.05) is 12.8 Å². The summed E-state index contributed by atoms with van der Waals surface area (Å²) < 4.78 is 15.7. The van der Waals surface area contributed by atoms with Crippen molar-refractivity contribution in [3.05, 3.63) is 60.7 Å². The molecule has 0 bridgehead atoms. The molecule has 2 N–H and O–H groups in total. The minimum atomic E-state index is -0.264. The number of halogens is 1. The summed E-state index contributed by atoms with van der Waals surface area (Å²) in [6.07, 6.45) is 11.0. The summed E-state index contributed by atoms with van der Waals surface area (Å²) in [5, 5.41) is 7.07. The molecule has 2 aliphatic carbocycles. The van der Waals surface area contributed by atoms with Gasteiger partial charge < -0.3 is 10.6 Å². The van der Waals surface area contributed by atoms with Crippen molar-refractivity contribution in [2.45, 2.75) is 50.6 Å². The second kappa shape index (κ2) is 7.89. The predicted octanol–water partition coefficient (Wildman–Crippen LogP) is 5.53. The van der Waals surface area contributed by atoms with Crippen LogP contribution in [0.5, 0.6) is 0 Å².